The Morgan fingerprint density at radius 1 is 1.29 bits per heavy atom. The lowest BCUT2D eigenvalue weighted by molar-refractivity contribution is 0.348. The summed E-state index contributed by atoms with van der Waals surface area (Å²) in [6.07, 6.45) is 5.88. The number of nitrogens with one attached hydrogen (secondary N) is 1. The quantitative estimate of drug-likeness (QED) is 0.781. The van der Waals surface area contributed by atoms with Crippen LogP contribution in [0.5, 0.6) is 0 Å². The van der Waals surface area contributed by atoms with Crippen molar-refractivity contribution in [2.75, 3.05) is 17.6 Å². The van der Waals surface area contributed by atoms with Crippen molar-refractivity contribution in [3.05, 3.63) is 23.8 Å². The van der Waals surface area contributed by atoms with Gasteiger partial charge in [-0.25, -0.2) is 0 Å². The molecule has 3 unspecified atom stereocenters. The van der Waals surface area contributed by atoms with Crippen LogP contribution in [0.25, 0.3) is 0 Å². The van der Waals surface area contributed by atoms with Gasteiger partial charge in [-0.15, -0.1) is 0 Å². The highest BCUT2D eigenvalue weighted by Crippen LogP contribution is 2.48. The Kier molecular flexibility index (Phi) is 2.73. The molecule has 0 heterocycles. The Hall–Kier alpha value is -1.18. The molecule has 3 rings (SSSR count). The Balaban J connectivity index is 1.59. The molecule has 2 fully saturated rings. The summed E-state index contributed by atoms with van der Waals surface area (Å²) in [5, 5.41) is 3.56. The minimum Gasteiger partial charge on any atom is -0.398 e. The zero-order valence-corrected chi connectivity index (χ0v) is 10.6. The first-order valence-electron chi connectivity index (χ1n) is 6.82. The summed E-state index contributed by atoms with van der Waals surface area (Å²) in [6.45, 7) is 3.18. The van der Waals surface area contributed by atoms with Gasteiger partial charge in [-0.3, -0.25) is 0 Å². The summed E-state index contributed by atoms with van der Waals surface area (Å²) in [5.74, 6) is 2.93. The van der Waals surface area contributed by atoms with Crippen molar-refractivity contribution in [1.82, 2.24) is 0 Å². The van der Waals surface area contributed by atoms with Gasteiger partial charge >= 0.3 is 0 Å². The molecule has 0 amide bonds. The molecule has 1 aromatic rings. The minimum atomic E-state index is 0.892. The first-order valence-corrected chi connectivity index (χ1v) is 6.82. The monoisotopic (exact) mass is 230 g/mol. The van der Waals surface area contributed by atoms with Crippen LogP contribution in [0.2, 0.25) is 0 Å². The summed E-state index contributed by atoms with van der Waals surface area (Å²) in [6, 6.07) is 6.29. The molecule has 0 aromatic heterocycles. The van der Waals surface area contributed by atoms with Crippen LogP contribution < -0.4 is 11.1 Å². The molecule has 2 heteroatoms. The minimum absolute atomic E-state index is 0.892. The molecule has 3 atom stereocenters. The van der Waals surface area contributed by atoms with E-state index in [0.29, 0.717) is 0 Å². The molecule has 2 nitrogen and oxygen atoms in total. The largest absolute Gasteiger partial charge is 0.398 e. The van der Waals surface area contributed by atoms with E-state index in [9.17, 15) is 0 Å². The number of anilines is 2. The van der Waals surface area contributed by atoms with Gasteiger partial charge in [0.15, 0.2) is 0 Å². The number of hydrogen-bond donors (Lipinski definition) is 2. The summed E-state index contributed by atoms with van der Waals surface area (Å²) >= 11 is 0. The van der Waals surface area contributed by atoms with Crippen LogP contribution in [0.1, 0.15) is 31.2 Å². The number of nitrogens with two attached hydrogens (primary N) is 1. The van der Waals surface area contributed by atoms with E-state index in [4.69, 9.17) is 5.73 Å². The van der Waals surface area contributed by atoms with Crippen LogP contribution in [-0.2, 0) is 0 Å². The molecule has 2 aliphatic carbocycles. The standard InChI is InChI=1S/C15H22N2/c1-10-2-5-14(8-15(10)16)17-9-13-7-11-3-4-12(13)6-11/h2,5,8,11-13,17H,3-4,6-7,9,16H2,1H3. The van der Waals surface area contributed by atoms with E-state index in [1.165, 1.54) is 31.4 Å². The summed E-state index contributed by atoms with van der Waals surface area (Å²) in [7, 11) is 0. The van der Waals surface area contributed by atoms with E-state index in [-0.39, 0.29) is 0 Å². The smallest absolute Gasteiger partial charge is 0.0364 e. The van der Waals surface area contributed by atoms with Gasteiger partial charge in [0.1, 0.15) is 0 Å². The zero-order valence-electron chi connectivity index (χ0n) is 10.6. The maximum Gasteiger partial charge on any atom is 0.0364 e. The van der Waals surface area contributed by atoms with Gasteiger partial charge in [0, 0.05) is 17.9 Å². The van der Waals surface area contributed by atoms with Crippen molar-refractivity contribution in [2.45, 2.75) is 32.6 Å². The van der Waals surface area contributed by atoms with Gasteiger partial charge in [-0.2, -0.15) is 0 Å². The maximum atomic E-state index is 5.92. The van der Waals surface area contributed by atoms with E-state index in [1.807, 2.05) is 0 Å². The number of hydrogen-bond acceptors (Lipinski definition) is 2. The van der Waals surface area contributed by atoms with E-state index in [0.717, 1.165) is 35.5 Å². The number of nitrogen functional groups attached to an aromatic ring is 1. The molecule has 92 valence electrons. The molecular formula is C15H22N2. The Morgan fingerprint density at radius 3 is 2.82 bits per heavy atom. The van der Waals surface area contributed by atoms with Crippen molar-refractivity contribution in [2.24, 2.45) is 17.8 Å². The normalized spacial score (nSPS) is 30.8. The van der Waals surface area contributed by atoms with Crippen LogP contribution in [0.15, 0.2) is 18.2 Å². The van der Waals surface area contributed by atoms with Crippen molar-refractivity contribution in [3.8, 4) is 0 Å². The van der Waals surface area contributed by atoms with Gasteiger partial charge in [0.2, 0.25) is 0 Å². The van der Waals surface area contributed by atoms with Gasteiger partial charge in [-0.1, -0.05) is 12.5 Å². The van der Waals surface area contributed by atoms with Crippen molar-refractivity contribution >= 4 is 11.4 Å². The van der Waals surface area contributed by atoms with Gasteiger partial charge in [0.25, 0.3) is 0 Å². The molecule has 2 bridgehead atoms. The molecule has 2 saturated carbocycles. The second-order valence-corrected chi connectivity index (χ2v) is 5.89. The molecule has 0 saturated heterocycles. The molecule has 2 aliphatic rings. The van der Waals surface area contributed by atoms with Crippen molar-refractivity contribution in [1.29, 1.82) is 0 Å². The highest BCUT2D eigenvalue weighted by atomic mass is 14.9. The Labute approximate surface area is 104 Å². The van der Waals surface area contributed by atoms with Crippen LogP contribution in [0, 0.1) is 24.7 Å². The van der Waals surface area contributed by atoms with E-state index in [1.54, 1.807) is 0 Å². The fourth-order valence-corrected chi connectivity index (χ4v) is 3.63. The summed E-state index contributed by atoms with van der Waals surface area (Å²) < 4.78 is 0. The molecule has 0 spiro atoms. The number of fused-ring (bicyclic) bond motifs is 2. The van der Waals surface area contributed by atoms with Gasteiger partial charge in [0.05, 0.1) is 0 Å². The Morgan fingerprint density at radius 2 is 2.18 bits per heavy atom. The third kappa shape index (κ3) is 2.13. The zero-order chi connectivity index (χ0) is 11.8. The molecule has 1 aromatic carbocycles. The first kappa shape index (κ1) is 10.9. The fourth-order valence-electron chi connectivity index (χ4n) is 3.63. The number of aryl methyl sites for hydroxylation is 1. The average Bonchev–Trinajstić information content (AvgIpc) is 2.92. The highest BCUT2D eigenvalue weighted by Gasteiger charge is 2.38. The van der Waals surface area contributed by atoms with Crippen molar-refractivity contribution in [3.63, 3.8) is 0 Å². The Bertz CT molecular complexity index is 413. The summed E-state index contributed by atoms with van der Waals surface area (Å²) in [4.78, 5) is 0. The fraction of sp³-hybridized carbons (Fsp3) is 0.600. The predicted molar refractivity (Wildman–Crippen MR) is 73.0 cm³/mol. The van der Waals surface area contributed by atoms with Crippen LogP contribution >= 0.6 is 0 Å². The second-order valence-electron chi connectivity index (χ2n) is 5.89. The highest BCUT2D eigenvalue weighted by molar-refractivity contribution is 5.58. The number of benzene rings is 1. The van der Waals surface area contributed by atoms with Crippen LogP contribution in [0.3, 0.4) is 0 Å². The third-order valence-corrected chi connectivity index (χ3v) is 4.73. The molecular weight excluding hydrogens is 208 g/mol. The lowest BCUT2D eigenvalue weighted by Crippen LogP contribution is -2.20. The van der Waals surface area contributed by atoms with E-state index >= 15 is 0 Å². The van der Waals surface area contributed by atoms with Gasteiger partial charge < -0.3 is 11.1 Å². The van der Waals surface area contributed by atoms with E-state index in [2.05, 4.69) is 30.4 Å². The predicted octanol–water partition coefficient (Wildman–Crippen LogP) is 3.43. The lowest BCUT2D eigenvalue weighted by Gasteiger charge is -2.22. The summed E-state index contributed by atoms with van der Waals surface area (Å²) in [5.41, 5.74) is 9.16. The van der Waals surface area contributed by atoms with Crippen LogP contribution in [0.4, 0.5) is 11.4 Å². The maximum absolute atomic E-state index is 5.92. The van der Waals surface area contributed by atoms with E-state index < -0.39 is 0 Å². The molecule has 0 aliphatic heterocycles. The number of rotatable bonds is 3. The van der Waals surface area contributed by atoms with Gasteiger partial charge in [-0.05, 0) is 61.6 Å². The molecule has 0 radical (unpaired) electrons. The second kappa shape index (κ2) is 4.25. The SMILES string of the molecule is Cc1ccc(NCC2CC3CCC2C3)cc1N. The topological polar surface area (TPSA) is 38.0 Å². The van der Waals surface area contributed by atoms with Crippen LogP contribution in [-0.4, -0.2) is 6.54 Å². The molecule has 17 heavy (non-hydrogen) atoms. The van der Waals surface area contributed by atoms with Crippen molar-refractivity contribution < 1.29 is 0 Å². The first-order chi connectivity index (χ1) is 8.22. The third-order valence-electron chi connectivity index (χ3n) is 4.73. The average molecular weight is 230 g/mol. The lowest BCUT2D eigenvalue weighted by atomic mass is 9.89. The molecule has 3 N–H and O–H groups in total.